The number of carbonyl (C=O) groups excluding carboxylic acids is 1. The normalized spacial score (nSPS) is 19.2. The highest BCUT2D eigenvalue weighted by molar-refractivity contribution is 5.73. The molecule has 19 heavy (non-hydrogen) atoms. The molecule has 1 rings (SSSR count). The van der Waals surface area contributed by atoms with Gasteiger partial charge in [0, 0.05) is 40.8 Å². The number of hydrogen-bond donors (Lipinski definition) is 0. The van der Waals surface area contributed by atoms with Gasteiger partial charge in [-0.25, -0.2) is 0 Å². The molecule has 1 aliphatic heterocycles. The smallest absolute Gasteiger partial charge is 0.219 e. The second-order valence-corrected chi connectivity index (χ2v) is 4.68. The van der Waals surface area contributed by atoms with Crippen LogP contribution >= 0.6 is 0 Å². The molecule has 2 unspecified atom stereocenters. The van der Waals surface area contributed by atoms with Crippen LogP contribution in [-0.2, 0) is 23.7 Å². The van der Waals surface area contributed by atoms with Crippen LogP contribution < -0.4 is 0 Å². The van der Waals surface area contributed by atoms with E-state index >= 15 is 0 Å². The van der Waals surface area contributed by atoms with Gasteiger partial charge in [0.1, 0.15) is 6.10 Å². The van der Waals surface area contributed by atoms with E-state index < -0.39 is 0 Å². The van der Waals surface area contributed by atoms with Crippen LogP contribution in [0.25, 0.3) is 0 Å². The molecule has 0 spiro atoms. The number of nitrogens with zero attached hydrogens (tertiary/aromatic N) is 1. The Labute approximate surface area is 114 Å². The third-order valence-corrected chi connectivity index (χ3v) is 2.92. The lowest BCUT2D eigenvalue weighted by Crippen LogP contribution is -2.40. The summed E-state index contributed by atoms with van der Waals surface area (Å²) in [6.45, 7) is 5.24. The first-order valence-electron chi connectivity index (χ1n) is 6.64. The molecule has 1 aliphatic rings. The van der Waals surface area contributed by atoms with E-state index in [4.69, 9.17) is 18.9 Å². The van der Waals surface area contributed by atoms with Gasteiger partial charge in [0.15, 0.2) is 0 Å². The Bertz CT molecular complexity index is 257. The lowest BCUT2D eigenvalue weighted by molar-refractivity contribution is -0.132. The Kier molecular flexibility index (Phi) is 7.97. The zero-order valence-corrected chi connectivity index (χ0v) is 12.1. The third-order valence-electron chi connectivity index (χ3n) is 2.92. The van der Waals surface area contributed by atoms with Gasteiger partial charge >= 0.3 is 0 Å². The fourth-order valence-electron chi connectivity index (χ4n) is 1.77. The van der Waals surface area contributed by atoms with Gasteiger partial charge < -0.3 is 23.8 Å². The van der Waals surface area contributed by atoms with Crippen molar-refractivity contribution in [2.24, 2.45) is 0 Å². The molecular formula is C13H25NO5. The highest BCUT2D eigenvalue weighted by atomic mass is 16.6. The lowest BCUT2D eigenvalue weighted by atomic mass is 10.3. The minimum atomic E-state index is -0.111. The number of carbonyl (C=O) groups is 1. The molecule has 0 aromatic heterocycles. The zero-order valence-electron chi connectivity index (χ0n) is 12.1. The van der Waals surface area contributed by atoms with E-state index in [0.717, 1.165) is 13.0 Å². The van der Waals surface area contributed by atoms with Crippen molar-refractivity contribution >= 4 is 5.91 Å². The third kappa shape index (κ3) is 7.47. The van der Waals surface area contributed by atoms with Crippen LogP contribution in [-0.4, -0.2) is 76.8 Å². The van der Waals surface area contributed by atoms with Crippen LogP contribution in [0.3, 0.4) is 0 Å². The summed E-state index contributed by atoms with van der Waals surface area (Å²) in [5.41, 5.74) is 0. The van der Waals surface area contributed by atoms with E-state index in [-0.39, 0.29) is 18.1 Å². The first kappa shape index (κ1) is 16.4. The number of rotatable bonds is 11. The maximum Gasteiger partial charge on any atom is 0.219 e. The van der Waals surface area contributed by atoms with Gasteiger partial charge in [-0.2, -0.15) is 0 Å². The summed E-state index contributed by atoms with van der Waals surface area (Å²) >= 11 is 0. The van der Waals surface area contributed by atoms with Gasteiger partial charge in [0.25, 0.3) is 0 Å². The van der Waals surface area contributed by atoms with Gasteiger partial charge in [0.05, 0.1) is 25.9 Å². The molecule has 0 bridgehead atoms. The molecule has 1 fully saturated rings. The van der Waals surface area contributed by atoms with Gasteiger partial charge in [0.2, 0.25) is 5.91 Å². The molecule has 0 aromatic rings. The second-order valence-electron chi connectivity index (χ2n) is 4.68. The Morgan fingerprint density at radius 3 is 2.68 bits per heavy atom. The van der Waals surface area contributed by atoms with Crippen molar-refractivity contribution in [2.45, 2.75) is 25.6 Å². The Hall–Kier alpha value is -0.690. The predicted molar refractivity (Wildman–Crippen MR) is 70.1 cm³/mol. The van der Waals surface area contributed by atoms with Crippen molar-refractivity contribution in [1.29, 1.82) is 0 Å². The Balaban J connectivity index is 2.33. The summed E-state index contributed by atoms with van der Waals surface area (Å²) in [6.07, 6.45) is 0.931. The molecule has 112 valence electrons. The predicted octanol–water partition coefficient (Wildman–Crippen LogP) is 0.302. The molecule has 1 heterocycles. The summed E-state index contributed by atoms with van der Waals surface area (Å²) in [5, 5.41) is 0. The quantitative estimate of drug-likeness (QED) is 0.401. The maximum atomic E-state index is 11.6. The lowest BCUT2D eigenvalue weighted by Gasteiger charge is -2.26. The minimum Gasteiger partial charge on any atom is -0.385 e. The van der Waals surface area contributed by atoms with Crippen molar-refractivity contribution in [2.75, 3.05) is 53.7 Å². The highest BCUT2D eigenvalue weighted by Crippen LogP contribution is 2.11. The molecule has 6 nitrogen and oxygen atoms in total. The molecule has 0 aromatic carbocycles. The SMILES string of the molecule is COCCCN(CC(COC)OCC1CO1)C(C)=O. The van der Waals surface area contributed by atoms with Crippen molar-refractivity contribution in [3.8, 4) is 0 Å². The monoisotopic (exact) mass is 275 g/mol. The molecule has 0 saturated carbocycles. The van der Waals surface area contributed by atoms with E-state index in [1.165, 1.54) is 0 Å². The molecular weight excluding hydrogens is 250 g/mol. The topological polar surface area (TPSA) is 60.5 Å². The summed E-state index contributed by atoms with van der Waals surface area (Å²) in [4.78, 5) is 13.4. The van der Waals surface area contributed by atoms with E-state index in [2.05, 4.69) is 0 Å². The van der Waals surface area contributed by atoms with Crippen LogP contribution in [0.5, 0.6) is 0 Å². The molecule has 6 heteroatoms. The number of epoxide rings is 1. The Morgan fingerprint density at radius 2 is 2.16 bits per heavy atom. The van der Waals surface area contributed by atoms with Crippen LogP contribution in [0.15, 0.2) is 0 Å². The standard InChI is InChI=1S/C13H25NO5/c1-11(15)14(5-4-6-16-2)7-12(8-17-3)18-9-13-10-19-13/h12-13H,4-10H2,1-3H3. The minimum absolute atomic E-state index is 0.0449. The molecule has 0 N–H and O–H groups in total. The van der Waals surface area contributed by atoms with E-state index in [1.54, 1.807) is 26.0 Å². The fraction of sp³-hybridized carbons (Fsp3) is 0.923. The van der Waals surface area contributed by atoms with Gasteiger partial charge in [-0.05, 0) is 6.42 Å². The number of hydrogen-bond acceptors (Lipinski definition) is 5. The van der Waals surface area contributed by atoms with Crippen molar-refractivity contribution in [1.82, 2.24) is 4.90 Å². The fourth-order valence-corrected chi connectivity index (χ4v) is 1.77. The molecule has 0 radical (unpaired) electrons. The van der Waals surface area contributed by atoms with Crippen LogP contribution in [0.2, 0.25) is 0 Å². The number of amides is 1. The van der Waals surface area contributed by atoms with E-state index in [0.29, 0.717) is 32.9 Å². The Morgan fingerprint density at radius 1 is 1.42 bits per heavy atom. The van der Waals surface area contributed by atoms with Crippen molar-refractivity contribution < 1.29 is 23.7 Å². The largest absolute Gasteiger partial charge is 0.385 e. The summed E-state index contributed by atoms with van der Waals surface area (Å²) < 4.78 is 21.0. The number of methoxy groups -OCH3 is 2. The molecule has 0 aliphatic carbocycles. The van der Waals surface area contributed by atoms with E-state index in [1.807, 2.05) is 0 Å². The van der Waals surface area contributed by atoms with Crippen LogP contribution in [0, 0.1) is 0 Å². The van der Waals surface area contributed by atoms with Crippen LogP contribution in [0.4, 0.5) is 0 Å². The highest BCUT2D eigenvalue weighted by Gasteiger charge is 2.25. The van der Waals surface area contributed by atoms with Crippen molar-refractivity contribution in [3.63, 3.8) is 0 Å². The first-order valence-corrected chi connectivity index (χ1v) is 6.64. The summed E-state index contributed by atoms with van der Waals surface area (Å²) in [7, 11) is 3.29. The molecule has 1 saturated heterocycles. The number of ether oxygens (including phenoxy) is 4. The average Bonchev–Trinajstić information content (AvgIpc) is 3.18. The van der Waals surface area contributed by atoms with Crippen LogP contribution in [0.1, 0.15) is 13.3 Å². The van der Waals surface area contributed by atoms with Crippen molar-refractivity contribution in [3.05, 3.63) is 0 Å². The zero-order chi connectivity index (χ0) is 14.1. The summed E-state index contributed by atoms with van der Waals surface area (Å²) in [6, 6.07) is 0. The molecule has 2 atom stereocenters. The molecule has 1 amide bonds. The average molecular weight is 275 g/mol. The first-order chi connectivity index (χ1) is 9.17. The summed E-state index contributed by atoms with van der Waals surface area (Å²) in [5.74, 6) is 0.0449. The van der Waals surface area contributed by atoms with E-state index in [9.17, 15) is 4.79 Å². The second kappa shape index (κ2) is 9.25. The van der Waals surface area contributed by atoms with Gasteiger partial charge in [-0.15, -0.1) is 0 Å². The van der Waals surface area contributed by atoms with Gasteiger partial charge in [-0.1, -0.05) is 0 Å². The van der Waals surface area contributed by atoms with Gasteiger partial charge in [-0.3, -0.25) is 4.79 Å². The maximum absolute atomic E-state index is 11.6.